The summed E-state index contributed by atoms with van der Waals surface area (Å²) in [7, 11) is 0. The maximum atomic E-state index is 12.3. The molecule has 1 aliphatic carbocycles. The number of carbonyl (C=O) groups is 2. The third-order valence-electron chi connectivity index (χ3n) is 4.22. The van der Waals surface area contributed by atoms with Crippen molar-refractivity contribution >= 4 is 17.5 Å². The summed E-state index contributed by atoms with van der Waals surface area (Å²) >= 11 is 0. The minimum Gasteiger partial charge on any atom is -0.353 e. The van der Waals surface area contributed by atoms with Crippen LogP contribution >= 0.6 is 0 Å². The summed E-state index contributed by atoms with van der Waals surface area (Å²) < 4.78 is 0. The van der Waals surface area contributed by atoms with Crippen LogP contribution in [0.25, 0.3) is 0 Å². The average Bonchev–Trinajstić information content (AvgIpc) is 3.40. The predicted molar refractivity (Wildman–Crippen MR) is 94.8 cm³/mol. The van der Waals surface area contributed by atoms with Gasteiger partial charge in [-0.1, -0.05) is 42.5 Å². The summed E-state index contributed by atoms with van der Waals surface area (Å²) in [5.74, 6) is -0.192. The molecule has 0 radical (unpaired) electrons. The monoisotopic (exact) mass is 322 g/mol. The molecular weight excluding hydrogens is 300 g/mol. The van der Waals surface area contributed by atoms with Crippen LogP contribution in [0.15, 0.2) is 54.6 Å². The average molecular weight is 322 g/mol. The molecule has 24 heavy (non-hydrogen) atoms. The van der Waals surface area contributed by atoms with Crippen LogP contribution in [0.3, 0.4) is 0 Å². The van der Waals surface area contributed by atoms with Crippen molar-refractivity contribution in [3.05, 3.63) is 65.7 Å². The van der Waals surface area contributed by atoms with Gasteiger partial charge in [-0.05, 0) is 43.0 Å². The molecule has 0 spiro atoms. The molecule has 0 bridgehead atoms. The third-order valence-corrected chi connectivity index (χ3v) is 4.22. The topological polar surface area (TPSA) is 58.2 Å². The Morgan fingerprint density at radius 3 is 2.33 bits per heavy atom. The summed E-state index contributed by atoms with van der Waals surface area (Å²) in [6.45, 7) is 1.89. The highest BCUT2D eigenvalue weighted by Gasteiger charge is 2.23. The SMILES string of the molecule is CC(C(=O)Nc1ccc(CC(=O)NC2CC2)cc1)c1ccccc1. The summed E-state index contributed by atoms with van der Waals surface area (Å²) in [4.78, 5) is 24.1. The van der Waals surface area contributed by atoms with Gasteiger partial charge in [0.1, 0.15) is 0 Å². The third kappa shape index (κ3) is 4.44. The van der Waals surface area contributed by atoms with Gasteiger partial charge in [-0.2, -0.15) is 0 Å². The lowest BCUT2D eigenvalue weighted by Crippen LogP contribution is -2.26. The van der Waals surface area contributed by atoms with Gasteiger partial charge in [0.05, 0.1) is 12.3 Å². The summed E-state index contributed by atoms with van der Waals surface area (Å²) in [5, 5.41) is 5.90. The molecule has 4 heteroatoms. The predicted octanol–water partition coefficient (Wildman–Crippen LogP) is 3.25. The molecular formula is C20H22N2O2. The van der Waals surface area contributed by atoms with E-state index in [9.17, 15) is 9.59 Å². The molecule has 4 nitrogen and oxygen atoms in total. The molecule has 2 aromatic carbocycles. The highest BCUT2D eigenvalue weighted by atomic mass is 16.2. The Hall–Kier alpha value is -2.62. The van der Waals surface area contributed by atoms with E-state index in [-0.39, 0.29) is 17.7 Å². The fraction of sp³-hybridized carbons (Fsp3) is 0.300. The van der Waals surface area contributed by atoms with E-state index in [1.165, 1.54) is 0 Å². The van der Waals surface area contributed by atoms with Crippen LogP contribution in [-0.2, 0) is 16.0 Å². The number of hydrogen-bond acceptors (Lipinski definition) is 2. The lowest BCUT2D eigenvalue weighted by molar-refractivity contribution is -0.120. The van der Waals surface area contributed by atoms with Gasteiger partial charge in [-0.25, -0.2) is 0 Å². The number of hydrogen-bond donors (Lipinski definition) is 2. The first-order valence-electron chi connectivity index (χ1n) is 8.36. The number of benzene rings is 2. The fourth-order valence-electron chi connectivity index (χ4n) is 2.54. The molecule has 2 amide bonds. The van der Waals surface area contributed by atoms with E-state index in [4.69, 9.17) is 0 Å². The van der Waals surface area contributed by atoms with E-state index < -0.39 is 0 Å². The Bertz CT molecular complexity index is 706. The Labute approximate surface area is 142 Å². The van der Waals surface area contributed by atoms with Crippen LogP contribution in [-0.4, -0.2) is 17.9 Å². The van der Waals surface area contributed by atoms with E-state index >= 15 is 0 Å². The normalized spacial score (nSPS) is 14.7. The smallest absolute Gasteiger partial charge is 0.231 e. The summed E-state index contributed by atoms with van der Waals surface area (Å²) in [5.41, 5.74) is 2.68. The van der Waals surface area contributed by atoms with E-state index in [0.29, 0.717) is 12.5 Å². The Balaban J connectivity index is 1.55. The molecule has 1 unspecified atom stereocenters. The summed E-state index contributed by atoms with van der Waals surface area (Å²) in [6.07, 6.45) is 2.57. The van der Waals surface area contributed by atoms with Crippen LogP contribution < -0.4 is 10.6 Å². The zero-order chi connectivity index (χ0) is 16.9. The van der Waals surface area contributed by atoms with Gasteiger partial charge in [0.15, 0.2) is 0 Å². The van der Waals surface area contributed by atoms with E-state index in [1.54, 1.807) is 0 Å². The quantitative estimate of drug-likeness (QED) is 0.858. The van der Waals surface area contributed by atoms with Gasteiger partial charge in [0.25, 0.3) is 0 Å². The van der Waals surface area contributed by atoms with Crippen molar-refractivity contribution in [2.45, 2.75) is 38.1 Å². The minimum atomic E-state index is -0.213. The van der Waals surface area contributed by atoms with Crippen molar-refractivity contribution in [3.63, 3.8) is 0 Å². The molecule has 1 aliphatic rings. The maximum absolute atomic E-state index is 12.3. The molecule has 0 aromatic heterocycles. The number of rotatable bonds is 6. The molecule has 0 aliphatic heterocycles. The van der Waals surface area contributed by atoms with Crippen LogP contribution in [0.1, 0.15) is 36.8 Å². The van der Waals surface area contributed by atoms with Gasteiger partial charge in [0.2, 0.25) is 11.8 Å². The summed E-state index contributed by atoms with van der Waals surface area (Å²) in [6, 6.07) is 17.5. The maximum Gasteiger partial charge on any atom is 0.231 e. The van der Waals surface area contributed by atoms with Gasteiger partial charge < -0.3 is 10.6 Å². The van der Waals surface area contributed by atoms with Gasteiger partial charge in [-0.15, -0.1) is 0 Å². The second kappa shape index (κ2) is 7.30. The van der Waals surface area contributed by atoms with Crippen molar-refractivity contribution in [2.24, 2.45) is 0 Å². The molecule has 1 saturated carbocycles. The molecule has 1 atom stereocenters. The highest BCUT2D eigenvalue weighted by molar-refractivity contribution is 5.95. The second-order valence-corrected chi connectivity index (χ2v) is 6.34. The molecule has 2 N–H and O–H groups in total. The molecule has 124 valence electrons. The highest BCUT2D eigenvalue weighted by Crippen LogP contribution is 2.20. The van der Waals surface area contributed by atoms with Gasteiger partial charge >= 0.3 is 0 Å². The fourth-order valence-corrected chi connectivity index (χ4v) is 2.54. The number of anilines is 1. The van der Waals surface area contributed by atoms with E-state index in [0.717, 1.165) is 29.7 Å². The van der Waals surface area contributed by atoms with Crippen LogP contribution in [0.2, 0.25) is 0 Å². The molecule has 3 rings (SSSR count). The Kier molecular flexibility index (Phi) is 4.94. The van der Waals surface area contributed by atoms with Gasteiger partial charge in [0, 0.05) is 11.7 Å². The molecule has 1 fully saturated rings. The largest absolute Gasteiger partial charge is 0.353 e. The lowest BCUT2D eigenvalue weighted by Gasteiger charge is -2.13. The van der Waals surface area contributed by atoms with Crippen LogP contribution in [0.5, 0.6) is 0 Å². The van der Waals surface area contributed by atoms with Crippen molar-refractivity contribution in [2.75, 3.05) is 5.32 Å². The van der Waals surface area contributed by atoms with E-state index in [2.05, 4.69) is 10.6 Å². The van der Waals surface area contributed by atoms with Crippen molar-refractivity contribution in [1.82, 2.24) is 5.32 Å². The van der Waals surface area contributed by atoms with Crippen molar-refractivity contribution < 1.29 is 9.59 Å². The number of nitrogens with one attached hydrogen (secondary N) is 2. The first-order chi connectivity index (χ1) is 11.6. The second-order valence-electron chi connectivity index (χ2n) is 6.34. The van der Waals surface area contributed by atoms with Crippen LogP contribution in [0.4, 0.5) is 5.69 Å². The zero-order valence-corrected chi connectivity index (χ0v) is 13.8. The number of amides is 2. The molecule has 0 heterocycles. The Morgan fingerprint density at radius 1 is 1.04 bits per heavy atom. The van der Waals surface area contributed by atoms with Crippen molar-refractivity contribution in [3.8, 4) is 0 Å². The standard InChI is InChI=1S/C20H22N2O2/c1-14(16-5-3-2-4-6-16)20(24)22-18-9-7-15(8-10-18)13-19(23)21-17-11-12-17/h2-10,14,17H,11-13H2,1H3,(H,21,23)(H,22,24). The number of carbonyl (C=O) groups excluding carboxylic acids is 2. The first kappa shape index (κ1) is 16.2. The van der Waals surface area contributed by atoms with Crippen LogP contribution in [0, 0.1) is 0 Å². The molecule has 0 saturated heterocycles. The Morgan fingerprint density at radius 2 is 1.71 bits per heavy atom. The van der Waals surface area contributed by atoms with E-state index in [1.807, 2.05) is 61.5 Å². The molecule has 2 aromatic rings. The minimum absolute atomic E-state index is 0.0413. The van der Waals surface area contributed by atoms with Gasteiger partial charge in [-0.3, -0.25) is 9.59 Å². The zero-order valence-electron chi connectivity index (χ0n) is 13.8. The lowest BCUT2D eigenvalue weighted by atomic mass is 10.0. The first-order valence-corrected chi connectivity index (χ1v) is 8.36. The van der Waals surface area contributed by atoms with Crippen molar-refractivity contribution in [1.29, 1.82) is 0 Å².